The van der Waals surface area contributed by atoms with Crippen molar-refractivity contribution < 1.29 is 27.5 Å². The summed E-state index contributed by atoms with van der Waals surface area (Å²) in [6, 6.07) is 16.5. The van der Waals surface area contributed by atoms with Gasteiger partial charge in [-0.3, -0.25) is 13.9 Å². The molecule has 0 aliphatic heterocycles. The van der Waals surface area contributed by atoms with Crippen LogP contribution in [0.5, 0.6) is 11.5 Å². The normalized spacial score (nSPS) is 14.2. The van der Waals surface area contributed by atoms with Crippen molar-refractivity contribution in [3.63, 3.8) is 0 Å². The second kappa shape index (κ2) is 14.3. The van der Waals surface area contributed by atoms with E-state index >= 15 is 0 Å². The largest absolute Gasteiger partial charge is 0.493 e. The smallest absolute Gasteiger partial charge is 0.264 e. The Morgan fingerprint density at radius 3 is 2.23 bits per heavy atom. The molecule has 3 aromatic rings. The molecule has 1 saturated carbocycles. The van der Waals surface area contributed by atoms with Crippen LogP contribution in [0.3, 0.4) is 0 Å². The van der Waals surface area contributed by atoms with Crippen LogP contribution in [0.15, 0.2) is 71.6 Å². The lowest BCUT2D eigenvalue weighted by Gasteiger charge is -2.32. The summed E-state index contributed by atoms with van der Waals surface area (Å²) in [4.78, 5) is 28.9. The third-order valence-electron chi connectivity index (χ3n) is 7.47. The Morgan fingerprint density at radius 2 is 1.60 bits per heavy atom. The van der Waals surface area contributed by atoms with E-state index < -0.39 is 28.5 Å². The van der Waals surface area contributed by atoms with Crippen LogP contribution in [0.1, 0.15) is 38.2 Å². The minimum absolute atomic E-state index is 0.000133. The Morgan fingerprint density at radius 1 is 0.930 bits per heavy atom. The van der Waals surface area contributed by atoms with Crippen LogP contribution in [0.25, 0.3) is 0 Å². The van der Waals surface area contributed by atoms with Crippen molar-refractivity contribution >= 4 is 50.7 Å². The van der Waals surface area contributed by atoms with Crippen LogP contribution >= 0.6 is 23.2 Å². The molecule has 0 aromatic heterocycles. The Kier molecular flexibility index (Phi) is 10.8. The Balaban J connectivity index is 1.73. The topological polar surface area (TPSA) is 105 Å². The minimum Gasteiger partial charge on any atom is -0.493 e. The van der Waals surface area contributed by atoms with Crippen molar-refractivity contribution in [1.29, 1.82) is 0 Å². The van der Waals surface area contributed by atoms with Gasteiger partial charge in [-0.25, -0.2) is 8.42 Å². The Bertz CT molecular complexity index is 1550. The number of nitrogens with zero attached hydrogens (tertiary/aromatic N) is 2. The number of methoxy groups -OCH3 is 2. The second-order valence-corrected chi connectivity index (χ2v) is 13.0. The summed E-state index contributed by atoms with van der Waals surface area (Å²) in [5.41, 5.74) is 0.819. The number of ether oxygens (including phenoxy) is 2. The van der Waals surface area contributed by atoms with Gasteiger partial charge in [0.05, 0.1) is 34.8 Å². The molecule has 0 heterocycles. The lowest BCUT2D eigenvalue weighted by atomic mass is 10.1. The number of hydrogen-bond donors (Lipinski definition) is 1. The highest BCUT2D eigenvalue weighted by Gasteiger charge is 2.33. The van der Waals surface area contributed by atoms with E-state index in [0.717, 1.165) is 30.0 Å². The molecule has 1 aliphatic carbocycles. The third kappa shape index (κ3) is 7.74. The zero-order chi connectivity index (χ0) is 31.1. The Labute approximate surface area is 262 Å². The SMILES string of the molecule is COc1ccc(N(CC(=O)N(Cc2ccc(Cl)c(Cl)c2)[C@H](C)C(=O)NC2CCCC2)S(=O)(=O)c2ccccc2)cc1OC. The first-order chi connectivity index (χ1) is 20.5. The number of halogens is 2. The number of hydrogen-bond acceptors (Lipinski definition) is 6. The van der Waals surface area contributed by atoms with Gasteiger partial charge in [-0.15, -0.1) is 0 Å². The molecule has 1 fully saturated rings. The van der Waals surface area contributed by atoms with Crippen molar-refractivity contribution in [2.45, 2.75) is 56.1 Å². The number of carbonyl (C=O) groups is 2. The van der Waals surface area contributed by atoms with Crippen LogP contribution in [0.2, 0.25) is 10.0 Å². The summed E-state index contributed by atoms with van der Waals surface area (Å²) in [6.45, 7) is 1.04. The Hall–Kier alpha value is -3.47. The van der Waals surface area contributed by atoms with Crippen molar-refractivity contribution in [3.8, 4) is 11.5 Å². The van der Waals surface area contributed by atoms with Crippen LogP contribution < -0.4 is 19.1 Å². The first-order valence-electron chi connectivity index (χ1n) is 13.9. The van der Waals surface area contributed by atoms with Gasteiger partial charge in [0, 0.05) is 18.7 Å². The molecule has 0 saturated heterocycles. The average molecular weight is 649 g/mol. The second-order valence-electron chi connectivity index (χ2n) is 10.3. The van der Waals surface area contributed by atoms with Gasteiger partial charge < -0.3 is 19.7 Å². The van der Waals surface area contributed by atoms with Gasteiger partial charge in [0.25, 0.3) is 10.0 Å². The molecule has 0 radical (unpaired) electrons. The third-order valence-corrected chi connectivity index (χ3v) is 10.00. The van der Waals surface area contributed by atoms with Crippen molar-refractivity contribution in [1.82, 2.24) is 10.2 Å². The summed E-state index contributed by atoms with van der Waals surface area (Å²) in [6.07, 6.45) is 3.81. The highest BCUT2D eigenvalue weighted by molar-refractivity contribution is 7.92. The van der Waals surface area contributed by atoms with Gasteiger partial charge in [-0.05, 0) is 61.7 Å². The summed E-state index contributed by atoms with van der Waals surface area (Å²) >= 11 is 12.4. The van der Waals surface area contributed by atoms with Gasteiger partial charge in [0.2, 0.25) is 11.8 Å². The molecular formula is C31H35Cl2N3O6S. The maximum absolute atomic E-state index is 14.1. The van der Waals surface area contributed by atoms with E-state index in [0.29, 0.717) is 21.4 Å². The highest BCUT2D eigenvalue weighted by Crippen LogP contribution is 2.34. The predicted molar refractivity (Wildman–Crippen MR) is 167 cm³/mol. The molecular weight excluding hydrogens is 613 g/mol. The van der Waals surface area contributed by atoms with Gasteiger partial charge in [-0.2, -0.15) is 0 Å². The molecule has 1 aliphatic rings. The van der Waals surface area contributed by atoms with Crippen molar-refractivity contribution in [2.24, 2.45) is 0 Å². The fourth-order valence-electron chi connectivity index (χ4n) is 5.04. The zero-order valence-corrected chi connectivity index (χ0v) is 26.6. The molecule has 0 bridgehead atoms. The standard InChI is InChI=1S/C31H35Cl2N3O6S/c1-21(31(38)34-23-9-7-8-10-23)35(19-22-13-15-26(32)27(33)17-22)30(37)20-36(43(39,40)25-11-5-4-6-12-25)24-14-16-28(41-2)29(18-24)42-3/h4-6,11-18,21,23H,7-10,19-20H2,1-3H3,(H,34,38)/t21-/m1/s1. The zero-order valence-electron chi connectivity index (χ0n) is 24.3. The maximum atomic E-state index is 14.1. The quantitative estimate of drug-likeness (QED) is 0.271. The van der Waals surface area contributed by atoms with E-state index in [-0.39, 0.29) is 34.8 Å². The fraction of sp³-hybridized carbons (Fsp3) is 0.355. The van der Waals surface area contributed by atoms with Gasteiger partial charge in [0.15, 0.2) is 11.5 Å². The molecule has 1 atom stereocenters. The van der Waals surface area contributed by atoms with E-state index in [1.807, 2.05) is 0 Å². The first-order valence-corrected chi connectivity index (χ1v) is 16.1. The number of rotatable bonds is 12. The lowest BCUT2D eigenvalue weighted by molar-refractivity contribution is -0.139. The number of carbonyl (C=O) groups excluding carboxylic acids is 2. The van der Waals surface area contributed by atoms with Gasteiger partial charge in [-0.1, -0.05) is 60.3 Å². The highest BCUT2D eigenvalue weighted by atomic mass is 35.5. The maximum Gasteiger partial charge on any atom is 0.264 e. The first kappa shape index (κ1) is 32.4. The summed E-state index contributed by atoms with van der Waals surface area (Å²) in [5, 5.41) is 3.70. The summed E-state index contributed by atoms with van der Waals surface area (Å²) < 4.78 is 39.7. The summed E-state index contributed by atoms with van der Waals surface area (Å²) in [5.74, 6) is -0.218. The fourth-order valence-corrected chi connectivity index (χ4v) is 6.79. The van der Waals surface area contributed by atoms with Gasteiger partial charge >= 0.3 is 0 Å². The average Bonchev–Trinajstić information content (AvgIpc) is 3.53. The minimum atomic E-state index is -4.23. The van der Waals surface area contributed by atoms with E-state index in [1.54, 1.807) is 49.4 Å². The molecule has 9 nitrogen and oxygen atoms in total. The van der Waals surface area contributed by atoms with Gasteiger partial charge in [0.1, 0.15) is 12.6 Å². The molecule has 43 heavy (non-hydrogen) atoms. The lowest BCUT2D eigenvalue weighted by Crippen LogP contribution is -2.52. The molecule has 1 N–H and O–H groups in total. The monoisotopic (exact) mass is 647 g/mol. The molecule has 3 aromatic carbocycles. The van der Waals surface area contributed by atoms with Crippen LogP contribution in [-0.4, -0.2) is 58.0 Å². The predicted octanol–water partition coefficient (Wildman–Crippen LogP) is 5.68. The van der Waals surface area contributed by atoms with Crippen molar-refractivity contribution in [3.05, 3.63) is 82.3 Å². The molecule has 0 spiro atoms. The van der Waals surface area contributed by atoms with Crippen LogP contribution in [0.4, 0.5) is 5.69 Å². The number of nitrogens with one attached hydrogen (secondary N) is 1. The van der Waals surface area contributed by atoms with Crippen LogP contribution in [0, 0.1) is 0 Å². The van der Waals surface area contributed by atoms with E-state index in [2.05, 4.69) is 5.32 Å². The number of benzene rings is 3. The molecule has 0 unspecified atom stereocenters. The molecule has 12 heteroatoms. The number of amides is 2. The molecule has 4 rings (SSSR count). The molecule has 2 amide bonds. The number of anilines is 1. The molecule has 230 valence electrons. The van der Waals surface area contributed by atoms with Crippen molar-refractivity contribution in [2.75, 3.05) is 25.1 Å². The number of sulfonamides is 1. The van der Waals surface area contributed by atoms with E-state index in [4.69, 9.17) is 32.7 Å². The van der Waals surface area contributed by atoms with E-state index in [9.17, 15) is 18.0 Å². The van der Waals surface area contributed by atoms with E-state index in [1.165, 1.54) is 43.4 Å². The summed E-state index contributed by atoms with van der Waals surface area (Å²) in [7, 11) is -1.32. The van der Waals surface area contributed by atoms with Crippen LogP contribution in [-0.2, 0) is 26.2 Å².